The Morgan fingerprint density at radius 2 is 2.17 bits per heavy atom. The number of pyridine rings is 1. The van der Waals surface area contributed by atoms with Crippen molar-refractivity contribution in [3.8, 4) is 0 Å². The van der Waals surface area contributed by atoms with Gasteiger partial charge in [0, 0.05) is 11.1 Å². The van der Waals surface area contributed by atoms with Crippen molar-refractivity contribution in [1.82, 2.24) is 4.98 Å². The number of aryl methyl sites for hydroxylation is 1. The van der Waals surface area contributed by atoms with Gasteiger partial charge in [-0.1, -0.05) is 25.1 Å². The number of para-hydroxylation sites is 1. The van der Waals surface area contributed by atoms with Crippen LogP contribution in [-0.4, -0.2) is 16.1 Å². The number of rotatable bonds is 1. The predicted octanol–water partition coefficient (Wildman–Crippen LogP) is 3.06. The number of aromatic nitrogens is 1. The molecule has 0 amide bonds. The molecular formula is C15H15NO2. The molecule has 1 aliphatic rings. The lowest BCUT2D eigenvalue weighted by Crippen LogP contribution is -2.18. The van der Waals surface area contributed by atoms with Crippen LogP contribution in [0.25, 0.3) is 10.9 Å². The van der Waals surface area contributed by atoms with Gasteiger partial charge < -0.3 is 5.11 Å². The van der Waals surface area contributed by atoms with Crippen LogP contribution in [0.3, 0.4) is 0 Å². The van der Waals surface area contributed by atoms with Gasteiger partial charge in [-0.15, -0.1) is 0 Å². The fourth-order valence-electron chi connectivity index (χ4n) is 2.81. The zero-order valence-corrected chi connectivity index (χ0v) is 10.3. The van der Waals surface area contributed by atoms with Crippen LogP contribution >= 0.6 is 0 Å². The zero-order chi connectivity index (χ0) is 12.7. The summed E-state index contributed by atoms with van der Waals surface area (Å²) in [7, 11) is 0. The summed E-state index contributed by atoms with van der Waals surface area (Å²) in [5.41, 5.74) is 3.18. The maximum atomic E-state index is 11.6. The molecule has 0 aliphatic heterocycles. The van der Waals surface area contributed by atoms with Crippen molar-refractivity contribution in [2.75, 3.05) is 0 Å². The summed E-state index contributed by atoms with van der Waals surface area (Å²) in [5.74, 6) is -0.294. The van der Waals surface area contributed by atoms with Crippen LogP contribution in [0.2, 0.25) is 0 Å². The van der Waals surface area contributed by atoms with E-state index in [0.29, 0.717) is 11.5 Å². The number of fused-ring (bicyclic) bond motifs is 2. The first-order valence-corrected chi connectivity index (χ1v) is 6.30. The summed E-state index contributed by atoms with van der Waals surface area (Å²) in [6.45, 7) is 2.17. The Balaban J connectivity index is 2.36. The van der Waals surface area contributed by atoms with Crippen molar-refractivity contribution in [3.05, 3.63) is 41.1 Å². The number of hydrogen-bond acceptors (Lipinski definition) is 2. The van der Waals surface area contributed by atoms with Gasteiger partial charge in [-0.25, -0.2) is 4.79 Å². The highest BCUT2D eigenvalue weighted by Gasteiger charge is 2.24. The van der Waals surface area contributed by atoms with E-state index >= 15 is 0 Å². The summed E-state index contributed by atoms with van der Waals surface area (Å²) in [6, 6.07) is 7.51. The van der Waals surface area contributed by atoms with Crippen LogP contribution in [-0.2, 0) is 12.8 Å². The first-order chi connectivity index (χ1) is 8.66. The number of hydrogen-bond donors (Lipinski definition) is 1. The first-order valence-electron chi connectivity index (χ1n) is 6.30. The van der Waals surface area contributed by atoms with E-state index in [0.717, 1.165) is 41.4 Å². The summed E-state index contributed by atoms with van der Waals surface area (Å²) < 4.78 is 0. The van der Waals surface area contributed by atoms with Gasteiger partial charge in [0.1, 0.15) is 0 Å². The molecule has 1 unspecified atom stereocenters. The SMILES string of the molecule is CC1CCc2nc3ccccc3c(C(=O)O)c2C1. The molecule has 0 fully saturated rings. The molecule has 1 aromatic carbocycles. The van der Waals surface area contributed by atoms with Crippen LogP contribution in [0.15, 0.2) is 24.3 Å². The Hall–Kier alpha value is -1.90. The Bertz CT molecular complexity index is 634. The number of carboxylic acid groups (broad SMARTS) is 1. The molecule has 3 nitrogen and oxygen atoms in total. The molecule has 0 saturated carbocycles. The molecule has 18 heavy (non-hydrogen) atoms. The number of benzene rings is 1. The fourth-order valence-corrected chi connectivity index (χ4v) is 2.81. The molecule has 1 N–H and O–H groups in total. The monoisotopic (exact) mass is 241 g/mol. The van der Waals surface area contributed by atoms with Gasteiger partial charge in [0.25, 0.3) is 0 Å². The lowest BCUT2D eigenvalue weighted by atomic mass is 9.84. The third-order valence-corrected chi connectivity index (χ3v) is 3.72. The van der Waals surface area contributed by atoms with Gasteiger partial charge in [-0.2, -0.15) is 0 Å². The Morgan fingerprint density at radius 1 is 1.39 bits per heavy atom. The van der Waals surface area contributed by atoms with Crippen LogP contribution < -0.4 is 0 Å². The van der Waals surface area contributed by atoms with Crippen LogP contribution in [0, 0.1) is 5.92 Å². The first kappa shape index (κ1) is 11.2. The maximum Gasteiger partial charge on any atom is 0.336 e. The van der Waals surface area contributed by atoms with Gasteiger partial charge in [-0.3, -0.25) is 4.98 Å². The molecule has 2 aromatic rings. The van der Waals surface area contributed by atoms with Crippen LogP contribution in [0.5, 0.6) is 0 Å². The van der Waals surface area contributed by atoms with E-state index < -0.39 is 5.97 Å². The molecular weight excluding hydrogens is 226 g/mol. The molecule has 0 saturated heterocycles. The molecule has 0 bridgehead atoms. The third kappa shape index (κ3) is 1.67. The van der Waals surface area contributed by atoms with Gasteiger partial charge in [0.2, 0.25) is 0 Å². The van der Waals surface area contributed by atoms with Crippen LogP contribution in [0.4, 0.5) is 0 Å². The van der Waals surface area contributed by atoms with Crippen molar-refractivity contribution < 1.29 is 9.90 Å². The molecule has 0 spiro atoms. The molecule has 1 aliphatic carbocycles. The summed E-state index contributed by atoms with van der Waals surface area (Å²) in [5, 5.41) is 10.3. The van der Waals surface area contributed by atoms with Gasteiger partial charge in [0.15, 0.2) is 0 Å². The predicted molar refractivity (Wildman–Crippen MR) is 69.9 cm³/mol. The minimum absolute atomic E-state index is 0.460. The molecule has 92 valence electrons. The van der Waals surface area contributed by atoms with Crippen molar-refractivity contribution in [2.24, 2.45) is 5.92 Å². The van der Waals surface area contributed by atoms with Crippen molar-refractivity contribution in [2.45, 2.75) is 26.2 Å². The highest BCUT2D eigenvalue weighted by molar-refractivity contribution is 6.04. The number of nitrogens with zero attached hydrogens (tertiary/aromatic N) is 1. The largest absolute Gasteiger partial charge is 0.478 e. The van der Waals surface area contributed by atoms with Crippen LogP contribution in [0.1, 0.15) is 35.0 Å². The Morgan fingerprint density at radius 3 is 2.94 bits per heavy atom. The number of aromatic carboxylic acids is 1. The lowest BCUT2D eigenvalue weighted by molar-refractivity contribution is 0.0697. The average Bonchev–Trinajstić information content (AvgIpc) is 2.35. The van der Waals surface area contributed by atoms with E-state index in [2.05, 4.69) is 11.9 Å². The topological polar surface area (TPSA) is 50.2 Å². The molecule has 1 atom stereocenters. The standard InChI is InChI=1S/C15H15NO2/c1-9-6-7-13-11(8-9)14(15(17)18)10-4-2-3-5-12(10)16-13/h2-5,9H,6-8H2,1H3,(H,17,18). The normalized spacial score (nSPS) is 18.6. The Labute approximate surface area is 105 Å². The van der Waals surface area contributed by atoms with E-state index in [4.69, 9.17) is 0 Å². The second-order valence-electron chi connectivity index (χ2n) is 5.08. The molecule has 1 heterocycles. The summed E-state index contributed by atoms with van der Waals surface area (Å²) >= 11 is 0. The molecule has 0 radical (unpaired) electrons. The zero-order valence-electron chi connectivity index (χ0n) is 10.3. The van der Waals surface area contributed by atoms with Gasteiger partial charge >= 0.3 is 5.97 Å². The summed E-state index contributed by atoms with van der Waals surface area (Å²) in [4.78, 5) is 16.2. The molecule has 3 heteroatoms. The van der Waals surface area contributed by atoms with Crippen molar-refractivity contribution in [1.29, 1.82) is 0 Å². The molecule has 3 rings (SSSR count). The van der Waals surface area contributed by atoms with E-state index in [1.807, 2.05) is 24.3 Å². The van der Waals surface area contributed by atoms with E-state index in [-0.39, 0.29) is 0 Å². The molecule has 1 aromatic heterocycles. The van der Waals surface area contributed by atoms with E-state index in [1.165, 1.54) is 0 Å². The fraction of sp³-hybridized carbons (Fsp3) is 0.333. The number of carbonyl (C=O) groups is 1. The average molecular weight is 241 g/mol. The third-order valence-electron chi connectivity index (χ3n) is 3.72. The quantitative estimate of drug-likeness (QED) is 0.834. The highest BCUT2D eigenvalue weighted by Crippen LogP contribution is 2.31. The van der Waals surface area contributed by atoms with E-state index in [9.17, 15) is 9.90 Å². The minimum Gasteiger partial charge on any atom is -0.478 e. The number of carboxylic acids is 1. The maximum absolute atomic E-state index is 11.6. The smallest absolute Gasteiger partial charge is 0.336 e. The minimum atomic E-state index is -0.834. The van der Waals surface area contributed by atoms with Crippen molar-refractivity contribution in [3.63, 3.8) is 0 Å². The van der Waals surface area contributed by atoms with Crippen molar-refractivity contribution >= 4 is 16.9 Å². The lowest BCUT2D eigenvalue weighted by Gasteiger charge is -2.23. The second-order valence-corrected chi connectivity index (χ2v) is 5.08. The van der Waals surface area contributed by atoms with Gasteiger partial charge in [-0.05, 0) is 36.8 Å². The Kier molecular flexibility index (Phi) is 2.54. The second kappa shape index (κ2) is 4.09. The van der Waals surface area contributed by atoms with E-state index in [1.54, 1.807) is 0 Å². The summed E-state index contributed by atoms with van der Waals surface area (Å²) in [6.07, 6.45) is 2.81. The van der Waals surface area contributed by atoms with Gasteiger partial charge in [0.05, 0.1) is 11.1 Å². The highest BCUT2D eigenvalue weighted by atomic mass is 16.4.